The average molecular weight is 376 g/mol. The zero-order valence-corrected chi connectivity index (χ0v) is 16.5. The zero-order chi connectivity index (χ0) is 20.8. The molecule has 0 atom stereocenters. The molecule has 0 aromatic carbocycles. The molecule has 0 fully saturated rings. The van der Waals surface area contributed by atoms with Crippen LogP contribution in [0.1, 0.15) is 37.9 Å². The fraction of sp³-hybridized carbons (Fsp3) is 0.350. The number of halogens is 1. The van der Waals surface area contributed by atoms with Gasteiger partial charge in [-0.3, -0.25) is 4.79 Å². The molecule has 148 valence electrons. The Bertz CT molecular complexity index is 712. The topological polar surface area (TPSA) is 90.1 Å². The molecule has 3 N–H and O–H groups in total. The second-order valence-electron chi connectivity index (χ2n) is 5.22. The van der Waals surface area contributed by atoms with Crippen LogP contribution in [-0.4, -0.2) is 29.3 Å². The smallest absolute Gasteiger partial charge is 0.222 e. The molecule has 0 unspecified atom stereocenters. The molecule has 1 aromatic rings. The second kappa shape index (κ2) is 13.4. The first kappa shape index (κ1) is 24.2. The standard InChI is InChI=1S/C19H24FN3O2.CH5N/c1-6-9-17(13(4)20)25-18(16(24)8-3)11-15-12-22-19(21-10-7-2)23-14(15)5;1-2/h6,9,11-12H,1,4,7-8,10H2,2-3,5H3,(H,21,22,23);2H2,1H3/b17-9+,18-11+;. The summed E-state index contributed by atoms with van der Waals surface area (Å²) in [5.41, 5.74) is 5.79. The third-order valence-corrected chi connectivity index (χ3v) is 3.19. The van der Waals surface area contributed by atoms with Crippen molar-refractivity contribution in [1.82, 2.24) is 9.97 Å². The normalized spacial score (nSPS) is 11.2. The van der Waals surface area contributed by atoms with Gasteiger partial charge in [-0.25, -0.2) is 14.4 Å². The lowest BCUT2D eigenvalue weighted by Gasteiger charge is -2.11. The van der Waals surface area contributed by atoms with Crippen LogP contribution in [0.25, 0.3) is 6.08 Å². The fourth-order valence-electron chi connectivity index (χ4n) is 1.83. The van der Waals surface area contributed by atoms with Gasteiger partial charge in [0.1, 0.15) is 0 Å². The Hall–Kier alpha value is -2.80. The number of rotatable bonds is 10. The summed E-state index contributed by atoms with van der Waals surface area (Å²) in [4.78, 5) is 20.7. The highest BCUT2D eigenvalue weighted by atomic mass is 19.1. The van der Waals surface area contributed by atoms with E-state index in [0.717, 1.165) is 13.0 Å². The lowest BCUT2D eigenvalue weighted by Crippen LogP contribution is -2.08. The maximum absolute atomic E-state index is 13.5. The van der Waals surface area contributed by atoms with Crippen molar-refractivity contribution in [1.29, 1.82) is 0 Å². The highest BCUT2D eigenvalue weighted by Crippen LogP contribution is 2.20. The molecule has 1 heterocycles. The van der Waals surface area contributed by atoms with Crippen LogP contribution in [-0.2, 0) is 9.53 Å². The van der Waals surface area contributed by atoms with Gasteiger partial charge in [0.15, 0.2) is 23.1 Å². The van der Waals surface area contributed by atoms with Crippen LogP contribution in [0.3, 0.4) is 0 Å². The van der Waals surface area contributed by atoms with E-state index < -0.39 is 5.83 Å². The number of anilines is 1. The Morgan fingerprint density at radius 2 is 2.04 bits per heavy atom. The van der Waals surface area contributed by atoms with Crippen molar-refractivity contribution in [2.24, 2.45) is 5.73 Å². The predicted octanol–water partition coefficient (Wildman–Crippen LogP) is 4.07. The minimum Gasteiger partial charge on any atom is -0.451 e. The third-order valence-electron chi connectivity index (χ3n) is 3.19. The molecule has 6 nitrogen and oxygen atoms in total. The van der Waals surface area contributed by atoms with E-state index in [2.05, 4.69) is 34.2 Å². The molecule has 27 heavy (non-hydrogen) atoms. The van der Waals surface area contributed by atoms with Crippen molar-refractivity contribution in [3.63, 3.8) is 0 Å². The third kappa shape index (κ3) is 8.42. The average Bonchev–Trinajstić information content (AvgIpc) is 2.67. The summed E-state index contributed by atoms with van der Waals surface area (Å²) in [5.74, 6) is -0.714. The van der Waals surface area contributed by atoms with E-state index in [1.807, 2.05) is 6.92 Å². The van der Waals surface area contributed by atoms with Gasteiger partial charge in [-0.05, 0) is 32.5 Å². The predicted molar refractivity (Wildman–Crippen MR) is 109 cm³/mol. The van der Waals surface area contributed by atoms with Crippen molar-refractivity contribution in [3.8, 4) is 0 Å². The highest BCUT2D eigenvalue weighted by molar-refractivity contribution is 5.97. The van der Waals surface area contributed by atoms with Crippen LogP contribution in [0.5, 0.6) is 0 Å². The molecular weight excluding hydrogens is 347 g/mol. The number of hydrogen-bond donors (Lipinski definition) is 2. The van der Waals surface area contributed by atoms with Gasteiger partial charge < -0.3 is 15.8 Å². The van der Waals surface area contributed by atoms with Gasteiger partial charge in [0.2, 0.25) is 5.95 Å². The largest absolute Gasteiger partial charge is 0.451 e. The number of allylic oxidation sites excluding steroid dienone is 4. The van der Waals surface area contributed by atoms with Gasteiger partial charge in [-0.1, -0.05) is 33.1 Å². The first-order valence-electron chi connectivity index (χ1n) is 8.68. The number of carbonyl (C=O) groups excluding carboxylic acids is 1. The van der Waals surface area contributed by atoms with Crippen molar-refractivity contribution in [3.05, 3.63) is 60.1 Å². The van der Waals surface area contributed by atoms with E-state index in [0.29, 0.717) is 17.2 Å². The molecule has 0 saturated carbocycles. The monoisotopic (exact) mass is 376 g/mol. The number of nitrogens with zero attached hydrogens (tertiary/aromatic N) is 2. The molecule has 0 aliphatic carbocycles. The summed E-state index contributed by atoms with van der Waals surface area (Å²) < 4.78 is 18.9. The minimum absolute atomic E-state index is 0.00429. The number of ether oxygens (including phenoxy) is 1. The minimum atomic E-state index is -0.790. The molecule has 1 rings (SSSR count). The van der Waals surface area contributed by atoms with Crippen LogP contribution in [0.4, 0.5) is 10.3 Å². The van der Waals surface area contributed by atoms with Gasteiger partial charge in [0.05, 0.1) is 5.69 Å². The summed E-state index contributed by atoms with van der Waals surface area (Å²) in [7, 11) is 1.50. The molecule has 7 heteroatoms. The summed E-state index contributed by atoms with van der Waals surface area (Å²) in [6, 6.07) is 0. The van der Waals surface area contributed by atoms with Gasteiger partial charge in [0, 0.05) is 24.7 Å². The van der Waals surface area contributed by atoms with Gasteiger partial charge in [-0.15, -0.1) is 0 Å². The number of hydrogen-bond acceptors (Lipinski definition) is 6. The molecule has 0 spiro atoms. The molecule has 0 amide bonds. The first-order chi connectivity index (χ1) is 12.9. The highest BCUT2D eigenvalue weighted by Gasteiger charge is 2.15. The van der Waals surface area contributed by atoms with Crippen molar-refractivity contribution < 1.29 is 13.9 Å². The Labute approximate surface area is 160 Å². The maximum atomic E-state index is 13.5. The Kier molecular flexibility index (Phi) is 12.0. The zero-order valence-electron chi connectivity index (χ0n) is 16.5. The first-order valence-corrected chi connectivity index (χ1v) is 8.68. The van der Waals surface area contributed by atoms with Gasteiger partial charge in [0.25, 0.3) is 0 Å². The van der Waals surface area contributed by atoms with Gasteiger partial charge in [-0.2, -0.15) is 0 Å². The molecule has 0 aliphatic rings. The van der Waals surface area contributed by atoms with Crippen LogP contribution in [0, 0.1) is 6.92 Å². The molecule has 0 saturated heterocycles. The number of carbonyl (C=O) groups is 1. The van der Waals surface area contributed by atoms with E-state index in [1.54, 1.807) is 20.0 Å². The summed E-state index contributed by atoms with van der Waals surface area (Å²) in [6.07, 6.45) is 6.93. The molecule has 0 aliphatic heterocycles. The summed E-state index contributed by atoms with van der Waals surface area (Å²) in [5, 5.41) is 3.09. The van der Waals surface area contributed by atoms with E-state index in [4.69, 9.17) is 4.74 Å². The van der Waals surface area contributed by atoms with E-state index >= 15 is 0 Å². The summed E-state index contributed by atoms with van der Waals surface area (Å²) >= 11 is 0. The quantitative estimate of drug-likeness (QED) is 0.363. The number of nitrogens with two attached hydrogens (primary N) is 1. The van der Waals surface area contributed by atoms with Gasteiger partial charge >= 0.3 is 0 Å². The number of ketones is 1. The Balaban J connectivity index is 0.00000326. The molecule has 0 radical (unpaired) electrons. The summed E-state index contributed by atoms with van der Waals surface area (Å²) in [6.45, 7) is 13.0. The van der Waals surface area contributed by atoms with Crippen molar-refractivity contribution >= 4 is 17.8 Å². The number of aromatic nitrogens is 2. The van der Waals surface area contributed by atoms with Crippen LogP contribution >= 0.6 is 0 Å². The van der Waals surface area contributed by atoms with Crippen molar-refractivity contribution in [2.45, 2.75) is 33.6 Å². The number of aryl methyl sites for hydroxylation is 1. The van der Waals surface area contributed by atoms with E-state index in [1.165, 1.54) is 25.3 Å². The second-order valence-corrected chi connectivity index (χ2v) is 5.22. The lowest BCUT2D eigenvalue weighted by molar-refractivity contribution is -0.117. The van der Waals surface area contributed by atoms with Crippen LogP contribution in [0.2, 0.25) is 0 Å². The van der Waals surface area contributed by atoms with Crippen LogP contribution < -0.4 is 11.1 Å². The number of nitrogens with one attached hydrogen (secondary N) is 1. The van der Waals surface area contributed by atoms with E-state index in [-0.39, 0.29) is 23.7 Å². The maximum Gasteiger partial charge on any atom is 0.222 e. The molecule has 0 bridgehead atoms. The lowest BCUT2D eigenvalue weighted by atomic mass is 10.1. The SMILES string of the molecule is C=C/C=C(/O/C(=C/c1cnc(NCCC)nc1C)C(=O)CC)C(=C)F.CN. The fourth-order valence-corrected chi connectivity index (χ4v) is 1.83. The Morgan fingerprint density at radius 1 is 1.37 bits per heavy atom. The van der Waals surface area contributed by atoms with E-state index in [9.17, 15) is 9.18 Å². The molecule has 1 aromatic heterocycles. The van der Waals surface area contributed by atoms with Crippen molar-refractivity contribution in [2.75, 3.05) is 18.9 Å². The number of Topliss-reactive ketones (excluding diaryl/α,β-unsaturated/α-hetero) is 1. The molecular formula is C20H29FN4O2. The van der Waals surface area contributed by atoms with Crippen LogP contribution in [0.15, 0.2) is 48.9 Å². The Morgan fingerprint density at radius 3 is 2.52 bits per heavy atom.